The highest BCUT2D eigenvalue weighted by atomic mass is 16.5. The quantitative estimate of drug-likeness (QED) is 0.727. The maximum atomic E-state index is 12.3. The van der Waals surface area contributed by atoms with Crippen LogP contribution >= 0.6 is 0 Å². The van der Waals surface area contributed by atoms with E-state index in [1.165, 1.54) is 22.3 Å². The maximum Gasteiger partial charge on any atom is 0.411 e. The summed E-state index contributed by atoms with van der Waals surface area (Å²) in [4.78, 5) is 12.3. The van der Waals surface area contributed by atoms with Gasteiger partial charge in [0.1, 0.15) is 6.61 Å². The molecular weight excluding hydrogens is 342 g/mol. The number of nitrogens with zero attached hydrogens (tertiary/aromatic N) is 2. The smallest absolute Gasteiger partial charge is 0.411 e. The molecule has 0 fully saturated rings. The molecule has 0 saturated carbocycles. The fraction of sp³-hybridized carbons (Fsp3) is 0.238. The second kappa shape index (κ2) is 7.25. The molecule has 0 bridgehead atoms. The van der Waals surface area contributed by atoms with Crippen molar-refractivity contribution in [2.24, 2.45) is 0 Å². The Morgan fingerprint density at radius 1 is 1.15 bits per heavy atom. The largest absolute Gasteiger partial charge is 0.448 e. The molecule has 6 nitrogen and oxygen atoms in total. The molecule has 4 rings (SSSR count). The number of hydrogen-bond acceptors (Lipinski definition) is 4. The van der Waals surface area contributed by atoms with E-state index < -0.39 is 6.09 Å². The third-order valence-electron chi connectivity index (χ3n) is 4.86. The molecular formula is C21H21N3O3. The van der Waals surface area contributed by atoms with Gasteiger partial charge in [0, 0.05) is 12.1 Å². The number of benzene rings is 2. The summed E-state index contributed by atoms with van der Waals surface area (Å²) in [5.41, 5.74) is 6.01. The number of amides is 1. The van der Waals surface area contributed by atoms with Gasteiger partial charge in [0.25, 0.3) is 0 Å². The van der Waals surface area contributed by atoms with E-state index in [1.807, 2.05) is 24.3 Å². The number of hydrogen-bond donors (Lipinski definition) is 2. The number of aromatic nitrogens is 2. The second-order valence-corrected chi connectivity index (χ2v) is 6.57. The zero-order valence-corrected chi connectivity index (χ0v) is 15.1. The first kappa shape index (κ1) is 17.3. The van der Waals surface area contributed by atoms with E-state index in [2.05, 4.69) is 34.7 Å². The van der Waals surface area contributed by atoms with E-state index in [9.17, 15) is 4.79 Å². The number of aryl methyl sites for hydroxylation is 1. The number of nitrogens with one attached hydrogen (secondary N) is 1. The molecule has 0 spiro atoms. The molecule has 1 amide bonds. The molecule has 0 radical (unpaired) electrons. The number of aliphatic hydroxyl groups excluding tert-OH is 1. The summed E-state index contributed by atoms with van der Waals surface area (Å²) in [6.45, 7) is 2.44. The van der Waals surface area contributed by atoms with Crippen molar-refractivity contribution in [3.05, 3.63) is 71.5 Å². The van der Waals surface area contributed by atoms with Crippen molar-refractivity contribution in [2.75, 3.05) is 18.5 Å². The monoisotopic (exact) mass is 363 g/mol. The number of carbonyl (C=O) groups excluding carboxylic acids is 1. The predicted octanol–water partition coefficient (Wildman–Crippen LogP) is 3.54. The van der Waals surface area contributed by atoms with Crippen LogP contribution in [0.4, 0.5) is 10.5 Å². The lowest BCUT2D eigenvalue weighted by Gasteiger charge is -2.14. The minimum absolute atomic E-state index is 0.00843. The van der Waals surface area contributed by atoms with E-state index >= 15 is 0 Å². The van der Waals surface area contributed by atoms with Crippen molar-refractivity contribution < 1.29 is 14.6 Å². The van der Waals surface area contributed by atoms with Gasteiger partial charge in [0.15, 0.2) is 0 Å². The Bertz CT molecular complexity index is 935. The molecule has 3 aromatic rings. The van der Waals surface area contributed by atoms with Crippen molar-refractivity contribution in [3.8, 4) is 11.1 Å². The Labute approximate surface area is 157 Å². The lowest BCUT2D eigenvalue weighted by Crippen LogP contribution is -2.18. The summed E-state index contributed by atoms with van der Waals surface area (Å²) < 4.78 is 7.12. The van der Waals surface area contributed by atoms with Crippen molar-refractivity contribution in [2.45, 2.75) is 19.4 Å². The van der Waals surface area contributed by atoms with Crippen molar-refractivity contribution in [1.82, 2.24) is 9.78 Å². The lowest BCUT2D eigenvalue weighted by molar-refractivity contribution is 0.158. The van der Waals surface area contributed by atoms with Crippen LogP contribution in [0.15, 0.2) is 54.7 Å². The molecule has 1 heterocycles. The standard InChI is InChI=1S/C21H21N3O3/c1-14-20(12-24(23-14)10-11-25)22-21(26)27-13-19-17-8-4-2-6-15(17)16-7-3-5-9-18(16)19/h2-9,12,19,25H,10-11,13H2,1H3,(H,22,26). The summed E-state index contributed by atoms with van der Waals surface area (Å²) >= 11 is 0. The van der Waals surface area contributed by atoms with Crippen LogP contribution in [0.2, 0.25) is 0 Å². The van der Waals surface area contributed by atoms with Crippen LogP contribution in [0, 0.1) is 6.92 Å². The average molecular weight is 363 g/mol. The van der Waals surface area contributed by atoms with Gasteiger partial charge in [-0.3, -0.25) is 10.00 Å². The number of rotatable bonds is 5. The van der Waals surface area contributed by atoms with E-state index in [1.54, 1.807) is 17.8 Å². The summed E-state index contributed by atoms with van der Waals surface area (Å²) in [7, 11) is 0. The normalized spacial score (nSPS) is 12.5. The van der Waals surface area contributed by atoms with E-state index in [4.69, 9.17) is 9.84 Å². The zero-order chi connectivity index (χ0) is 18.8. The molecule has 1 aromatic heterocycles. The fourth-order valence-corrected chi connectivity index (χ4v) is 3.60. The average Bonchev–Trinajstić information content (AvgIpc) is 3.18. The SMILES string of the molecule is Cc1nn(CCO)cc1NC(=O)OCC1c2ccccc2-c2ccccc21. The van der Waals surface area contributed by atoms with Gasteiger partial charge in [0.2, 0.25) is 0 Å². The zero-order valence-electron chi connectivity index (χ0n) is 15.1. The topological polar surface area (TPSA) is 76.4 Å². The number of ether oxygens (including phenoxy) is 1. The Kier molecular flexibility index (Phi) is 4.64. The van der Waals surface area contributed by atoms with Crippen molar-refractivity contribution >= 4 is 11.8 Å². The molecule has 138 valence electrons. The highest BCUT2D eigenvalue weighted by Crippen LogP contribution is 2.44. The van der Waals surface area contributed by atoms with Crippen molar-refractivity contribution in [1.29, 1.82) is 0 Å². The van der Waals surface area contributed by atoms with Crippen LogP contribution in [0.25, 0.3) is 11.1 Å². The highest BCUT2D eigenvalue weighted by Gasteiger charge is 2.29. The Morgan fingerprint density at radius 2 is 1.78 bits per heavy atom. The van der Waals surface area contributed by atoms with Gasteiger partial charge in [-0.05, 0) is 29.2 Å². The molecule has 1 aliphatic rings. The predicted molar refractivity (Wildman–Crippen MR) is 103 cm³/mol. The van der Waals surface area contributed by atoms with Gasteiger partial charge in [0.05, 0.1) is 24.5 Å². The van der Waals surface area contributed by atoms with Crippen LogP contribution in [0.3, 0.4) is 0 Å². The van der Waals surface area contributed by atoms with E-state index in [-0.39, 0.29) is 19.1 Å². The Hall–Kier alpha value is -3.12. The van der Waals surface area contributed by atoms with Gasteiger partial charge in [-0.15, -0.1) is 0 Å². The minimum atomic E-state index is -0.511. The summed E-state index contributed by atoms with van der Waals surface area (Å²) in [6, 6.07) is 16.5. The molecule has 0 atom stereocenters. The second-order valence-electron chi connectivity index (χ2n) is 6.57. The first-order chi connectivity index (χ1) is 13.2. The van der Waals surface area contributed by atoms with Crippen LogP contribution in [0.1, 0.15) is 22.7 Å². The molecule has 2 aromatic carbocycles. The van der Waals surface area contributed by atoms with Gasteiger partial charge >= 0.3 is 6.09 Å². The molecule has 27 heavy (non-hydrogen) atoms. The third-order valence-corrected chi connectivity index (χ3v) is 4.86. The number of aliphatic hydroxyl groups is 1. The van der Waals surface area contributed by atoms with Gasteiger partial charge < -0.3 is 9.84 Å². The highest BCUT2D eigenvalue weighted by molar-refractivity contribution is 5.85. The Morgan fingerprint density at radius 3 is 2.41 bits per heavy atom. The molecule has 0 saturated heterocycles. The summed E-state index contributed by atoms with van der Waals surface area (Å²) in [5.74, 6) is 0.0290. The molecule has 0 aliphatic heterocycles. The van der Waals surface area contributed by atoms with Crippen LogP contribution < -0.4 is 5.32 Å². The van der Waals surface area contributed by atoms with Gasteiger partial charge in [-0.1, -0.05) is 48.5 Å². The first-order valence-electron chi connectivity index (χ1n) is 8.94. The van der Waals surface area contributed by atoms with Crippen LogP contribution in [-0.2, 0) is 11.3 Å². The van der Waals surface area contributed by atoms with E-state index in [0.717, 1.165) is 0 Å². The van der Waals surface area contributed by atoms with Crippen LogP contribution in [-0.4, -0.2) is 34.2 Å². The molecule has 2 N–H and O–H groups in total. The summed E-state index contributed by atoms with van der Waals surface area (Å²) in [6.07, 6.45) is 1.18. The molecule has 0 unspecified atom stereocenters. The number of carbonyl (C=O) groups is 1. The number of anilines is 1. The summed E-state index contributed by atoms with van der Waals surface area (Å²) in [5, 5.41) is 16.0. The fourth-order valence-electron chi connectivity index (χ4n) is 3.60. The minimum Gasteiger partial charge on any atom is -0.448 e. The third kappa shape index (κ3) is 3.31. The molecule has 6 heteroatoms. The Balaban J connectivity index is 1.47. The van der Waals surface area contributed by atoms with Crippen LogP contribution in [0.5, 0.6) is 0 Å². The molecule has 1 aliphatic carbocycles. The number of fused-ring (bicyclic) bond motifs is 3. The first-order valence-corrected chi connectivity index (χ1v) is 8.94. The van der Waals surface area contributed by atoms with Gasteiger partial charge in [-0.25, -0.2) is 4.79 Å². The van der Waals surface area contributed by atoms with Gasteiger partial charge in [-0.2, -0.15) is 5.10 Å². The maximum absolute atomic E-state index is 12.3. The lowest BCUT2D eigenvalue weighted by atomic mass is 9.98. The van der Waals surface area contributed by atoms with Crippen molar-refractivity contribution in [3.63, 3.8) is 0 Å². The van der Waals surface area contributed by atoms with E-state index in [0.29, 0.717) is 17.9 Å².